The van der Waals surface area contributed by atoms with Gasteiger partial charge in [-0.05, 0) is 73.9 Å². The summed E-state index contributed by atoms with van der Waals surface area (Å²) in [5, 5.41) is 2.25. The number of nitrogens with one attached hydrogen (secondary N) is 1. The van der Waals surface area contributed by atoms with E-state index in [9.17, 15) is 14.4 Å². The van der Waals surface area contributed by atoms with E-state index < -0.39 is 17.8 Å². The molecule has 0 bridgehead atoms. The van der Waals surface area contributed by atoms with Crippen molar-refractivity contribution in [1.82, 2.24) is 5.32 Å². The lowest BCUT2D eigenvalue weighted by molar-refractivity contribution is -0.122. The molecule has 4 rings (SSSR count). The highest BCUT2D eigenvalue weighted by molar-refractivity contribution is 9.10. The second-order valence-electron chi connectivity index (χ2n) is 8.42. The van der Waals surface area contributed by atoms with Crippen molar-refractivity contribution in [3.05, 3.63) is 91.4 Å². The number of rotatable bonds is 7. The number of amides is 4. The van der Waals surface area contributed by atoms with Gasteiger partial charge in [0.15, 0.2) is 11.5 Å². The van der Waals surface area contributed by atoms with Gasteiger partial charge < -0.3 is 9.47 Å². The first-order chi connectivity index (χ1) is 17.7. The summed E-state index contributed by atoms with van der Waals surface area (Å²) in [5.41, 5.74) is 3.70. The lowest BCUT2D eigenvalue weighted by atomic mass is 10.1. The van der Waals surface area contributed by atoms with Crippen LogP contribution in [0.3, 0.4) is 0 Å². The summed E-state index contributed by atoms with van der Waals surface area (Å²) in [6.45, 7) is 6.46. The molecule has 1 heterocycles. The van der Waals surface area contributed by atoms with Gasteiger partial charge in [-0.15, -0.1) is 0 Å². The van der Waals surface area contributed by atoms with Crippen LogP contribution in [-0.2, 0) is 16.2 Å². The molecule has 4 amide bonds. The molecule has 1 aliphatic heterocycles. The number of benzene rings is 3. The zero-order valence-corrected chi connectivity index (χ0v) is 23.6. The molecule has 7 nitrogen and oxygen atoms in total. The molecule has 0 radical (unpaired) electrons. The highest BCUT2D eigenvalue weighted by Crippen LogP contribution is 2.36. The summed E-state index contributed by atoms with van der Waals surface area (Å²) in [5.74, 6) is -0.521. The van der Waals surface area contributed by atoms with Gasteiger partial charge in [0.2, 0.25) is 0 Å². The third-order valence-electron chi connectivity index (χ3n) is 5.68. The fraction of sp³-hybridized carbons (Fsp3) is 0.179. The molecule has 1 fully saturated rings. The number of aryl methyl sites for hydroxylation is 2. The van der Waals surface area contributed by atoms with Crippen LogP contribution < -0.4 is 19.7 Å². The van der Waals surface area contributed by atoms with Crippen molar-refractivity contribution >= 4 is 61.5 Å². The van der Waals surface area contributed by atoms with E-state index in [1.54, 1.807) is 30.3 Å². The number of ether oxygens (including phenoxy) is 2. The molecule has 1 N–H and O–H groups in total. The molecular weight excluding hydrogens is 604 g/mol. The van der Waals surface area contributed by atoms with Gasteiger partial charge in [-0.3, -0.25) is 14.9 Å². The van der Waals surface area contributed by atoms with Crippen molar-refractivity contribution in [2.24, 2.45) is 0 Å². The molecule has 0 saturated carbocycles. The van der Waals surface area contributed by atoms with Gasteiger partial charge in [-0.1, -0.05) is 61.7 Å². The van der Waals surface area contributed by atoms with Gasteiger partial charge >= 0.3 is 6.03 Å². The summed E-state index contributed by atoms with van der Waals surface area (Å²) >= 11 is 6.93. The Hall–Kier alpha value is -3.43. The SMILES string of the molecule is CCOc1cc(/C=C2\C(=O)NC(=O)N(c3ccc(Br)c(C)c3)C2=O)c(Br)cc1OCc1ccc(C)cc1. The average molecular weight is 628 g/mol. The van der Waals surface area contributed by atoms with E-state index in [0.717, 1.165) is 26.1 Å². The van der Waals surface area contributed by atoms with Crippen molar-refractivity contribution in [1.29, 1.82) is 0 Å². The molecule has 0 unspecified atom stereocenters. The number of nitrogens with zero attached hydrogens (tertiary/aromatic N) is 1. The van der Waals surface area contributed by atoms with Crippen LogP contribution in [0.25, 0.3) is 6.08 Å². The lowest BCUT2D eigenvalue weighted by Gasteiger charge is -2.27. The van der Waals surface area contributed by atoms with Crippen LogP contribution in [0.5, 0.6) is 11.5 Å². The molecule has 190 valence electrons. The first kappa shape index (κ1) is 26.6. The molecular formula is C28H24Br2N2O5. The fourth-order valence-electron chi connectivity index (χ4n) is 3.70. The molecule has 0 atom stereocenters. The predicted octanol–water partition coefficient (Wildman–Crippen LogP) is 6.47. The predicted molar refractivity (Wildman–Crippen MR) is 149 cm³/mol. The molecule has 3 aromatic rings. The van der Waals surface area contributed by atoms with E-state index in [-0.39, 0.29) is 5.57 Å². The number of barbiturate groups is 1. The van der Waals surface area contributed by atoms with Crippen LogP contribution in [0.2, 0.25) is 0 Å². The van der Waals surface area contributed by atoms with E-state index in [0.29, 0.717) is 40.4 Å². The van der Waals surface area contributed by atoms with Gasteiger partial charge in [0.25, 0.3) is 11.8 Å². The lowest BCUT2D eigenvalue weighted by Crippen LogP contribution is -2.54. The molecule has 1 saturated heterocycles. The number of anilines is 1. The van der Waals surface area contributed by atoms with Crippen LogP contribution in [0.15, 0.2) is 69.1 Å². The zero-order chi connectivity index (χ0) is 26.7. The average Bonchev–Trinajstić information content (AvgIpc) is 2.85. The maximum absolute atomic E-state index is 13.3. The number of imide groups is 2. The Bertz CT molecular complexity index is 1420. The molecule has 0 aliphatic carbocycles. The summed E-state index contributed by atoms with van der Waals surface area (Å²) < 4.78 is 13.2. The summed E-state index contributed by atoms with van der Waals surface area (Å²) in [6.07, 6.45) is 1.43. The molecule has 9 heteroatoms. The maximum atomic E-state index is 13.3. The van der Waals surface area contributed by atoms with Gasteiger partial charge in [0.05, 0.1) is 12.3 Å². The summed E-state index contributed by atoms with van der Waals surface area (Å²) in [7, 11) is 0. The van der Waals surface area contributed by atoms with E-state index in [1.807, 2.05) is 45.0 Å². The Balaban J connectivity index is 1.66. The Morgan fingerprint density at radius 2 is 1.59 bits per heavy atom. The smallest absolute Gasteiger partial charge is 0.335 e. The third kappa shape index (κ3) is 5.94. The number of hydrogen-bond acceptors (Lipinski definition) is 5. The van der Waals surface area contributed by atoms with Crippen LogP contribution in [0.1, 0.15) is 29.2 Å². The maximum Gasteiger partial charge on any atom is 0.335 e. The molecule has 0 spiro atoms. The van der Waals surface area contributed by atoms with Crippen molar-refractivity contribution in [2.45, 2.75) is 27.4 Å². The Kier molecular flexibility index (Phi) is 8.14. The number of carbonyl (C=O) groups is 3. The van der Waals surface area contributed by atoms with E-state index in [1.165, 1.54) is 6.08 Å². The number of halogens is 2. The first-order valence-electron chi connectivity index (χ1n) is 11.5. The normalized spacial score (nSPS) is 14.7. The van der Waals surface area contributed by atoms with Crippen molar-refractivity contribution in [3.63, 3.8) is 0 Å². The standard InChI is InChI=1S/C28H24Br2N2O5/c1-4-36-24-13-19(23(30)14-25(24)37-15-18-7-5-16(2)6-8-18)12-21-26(33)31-28(35)32(27(21)34)20-9-10-22(29)17(3)11-20/h5-14H,4,15H2,1-3H3,(H,31,33,35)/b21-12+. The number of hydrogen-bond donors (Lipinski definition) is 1. The minimum Gasteiger partial charge on any atom is -0.490 e. The monoisotopic (exact) mass is 626 g/mol. The van der Waals surface area contributed by atoms with Gasteiger partial charge in [-0.2, -0.15) is 0 Å². The minimum atomic E-state index is -0.803. The summed E-state index contributed by atoms with van der Waals surface area (Å²) in [6, 6.07) is 15.7. The topological polar surface area (TPSA) is 84.9 Å². The fourth-order valence-corrected chi connectivity index (χ4v) is 4.39. The number of carbonyl (C=O) groups excluding carboxylic acids is 3. The summed E-state index contributed by atoms with van der Waals surface area (Å²) in [4.78, 5) is 39.5. The van der Waals surface area contributed by atoms with Gasteiger partial charge in [0.1, 0.15) is 12.2 Å². The first-order valence-corrected chi connectivity index (χ1v) is 13.1. The van der Waals surface area contributed by atoms with E-state index in [2.05, 4.69) is 37.2 Å². The largest absolute Gasteiger partial charge is 0.490 e. The second kappa shape index (κ2) is 11.3. The minimum absolute atomic E-state index is 0.184. The molecule has 0 aromatic heterocycles. The van der Waals surface area contributed by atoms with E-state index >= 15 is 0 Å². The highest BCUT2D eigenvalue weighted by Gasteiger charge is 2.37. The van der Waals surface area contributed by atoms with Crippen LogP contribution in [0, 0.1) is 13.8 Å². The third-order valence-corrected chi connectivity index (χ3v) is 7.26. The van der Waals surface area contributed by atoms with Crippen molar-refractivity contribution < 1.29 is 23.9 Å². The van der Waals surface area contributed by atoms with E-state index in [4.69, 9.17) is 9.47 Å². The van der Waals surface area contributed by atoms with Crippen molar-refractivity contribution in [3.8, 4) is 11.5 Å². The van der Waals surface area contributed by atoms with Gasteiger partial charge in [0, 0.05) is 8.95 Å². The van der Waals surface area contributed by atoms with Gasteiger partial charge in [-0.25, -0.2) is 9.69 Å². The second-order valence-corrected chi connectivity index (χ2v) is 10.1. The molecule has 1 aliphatic rings. The number of urea groups is 1. The Morgan fingerprint density at radius 3 is 2.27 bits per heavy atom. The van der Waals surface area contributed by atoms with Crippen molar-refractivity contribution in [2.75, 3.05) is 11.5 Å². The van der Waals surface area contributed by atoms with Crippen LogP contribution >= 0.6 is 31.9 Å². The highest BCUT2D eigenvalue weighted by atomic mass is 79.9. The van der Waals surface area contributed by atoms with Crippen LogP contribution in [0.4, 0.5) is 10.5 Å². The Morgan fingerprint density at radius 1 is 0.892 bits per heavy atom. The quantitative estimate of drug-likeness (QED) is 0.240. The zero-order valence-electron chi connectivity index (χ0n) is 20.4. The Labute approximate surface area is 231 Å². The molecule has 37 heavy (non-hydrogen) atoms. The molecule has 3 aromatic carbocycles. The van der Waals surface area contributed by atoms with Crippen LogP contribution in [-0.4, -0.2) is 24.5 Å².